The second-order valence-corrected chi connectivity index (χ2v) is 6.87. The predicted molar refractivity (Wildman–Crippen MR) is 69.2 cm³/mol. The molecular weight excluding hydrogens is 591 g/mol. The van der Waals surface area contributed by atoms with Crippen molar-refractivity contribution < 1.29 is 97.0 Å². The van der Waals surface area contributed by atoms with Crippen LogP contribution in [0.25, 0.3) is 0 Å². The van der Waals surface area contributed by atoms with Crippen LogP contribution in [-0.2, 0) is 4.79 Å². The molecule has 0 amide bonds. The summed E-state index contributed by atoms with van der Waals surface area (Å²) in [5.74, 6) is -77.7. The zero-order chi connectivity index (χ0) is 29.3. The van der Waals surface area contributed by atoms with Crippen LogP contribution in [0.4, 0.5) is 92.2 Å². The van der Waals surface area contributed by atoms with Crippen LogP contribution in [0.2, 0.25) is 0 Å². The van der Waals surface area contributed by atoms with Crippen LogP contribution < -0.4 is 0 Å². The van der Waals surface area contributed by atoms with Crippen LogP contribution in [0.5, 0.6) is 0 Å². The van der Waals surface area contributed by atoms with Crippen molar-refractivity contribution in [2.45, 2.75) is 65.9 Å². The zero-order valence-electron chi connectivity index (χ0n) is 15.0. The molecular formula is C12H3F21OS. The van der Waals surface area contributed by atoms with E-state index in [1.165, 1.54) is 0 Å². The van der Waals surface area contributed by atoms with Gasteiger partial charge in [-0.2, -0.15) is 92.2 Å². The molecule has 0 aromatic rings. The molecule has 0 unspecified atom stereocenters. The van der Waals surface area contributed by atoms with Crippen molar-refractivity contribution in [3.8, 4) is 0 Å². The molecule has 0 atom stereocenters. The summed E-state index contributed by atoms with van der Waals surface area (Å²) in [6.45, 7) is 0. The van der Waals surface area contributed by atoms with Gasteiger partial charge in [-0.15, -0.1) is 12.6 Å². The van der Waals surface area contributed by atoms with Crippen molar-refractivity contribution in [3.05, 3.63) is 0 Å². The Balaban J connectivity index is 7.05. The lowest BCUT2D eigenvalue weighted by Crippen LogP contribution is -2.76. The van der Waals surface area contributed by atoms with Crippen LogP contribution in [-0.4, -0.2) is 64.6 Å². The number of halogens is 21. The van der Waals surface area contributed by atoms with Crippen molar-refractivity contribution >= 4 is 17.7 Å². The summed E-state index contributed by atoms with van der Waals surface area (Å²) in [5, 5.41) is -2.58. The Morgan fingerprint density at radius 1 is 0.400 bits per heavy atom. The first kappa shape index (κ1) is 33.5. The van der Waals surface area contributed by atoms with Gasteiger partial charge in [-0.3, -0.25) is 4.79 Å². The van der Waals surface area contributed by atoms with Gasteiger partial charge in [0.1, 0.15) is 0 Å². The minimum Gasteiger partial charge on any atom is -0.287 e. The van der Waals surface area contributed by atoms with Crippen LogP contribution in [0.1, 0.15) is 6.42 Å². The Hall–Kier alpha value is -1.45. The largest absolute Gasteiger partial charge is 0.460 e. The molecule has 210 valence electrons. The first-order chi connectivity index (χ1) is 14.7. The molecule has 0 saturated heterocycles. The number of thiol groups is 1. The molecule has 0 rings (SSSR count). The highest BCUT2D eigenvalue weighted by Gasteiger charge is 2.97. The summed E-state index contributed by atoms with van der Waals surface area (Å²) in [4.78, 5) is 10.3. The predicted octanol–water partition coefficient (Wildman–Crippen LogP) is 7.11. The van der Waals surface area contributed by atoms with Gasteiger partial charge in [0.15, 0.2) is 5.12 Å². The highest BCUT2D eigenvalue weighted by atomic mass is 32.1. The molecule has 23 heteroatoms. The van der Waals surface area contributed by atoms with Gasteiger partial charge in [-0.05, 0) is 0 Å². The number of alkyl halides is 21. The molecule has 0 aliphatic rings. The first-order valence-corrected chi connectivity index (χ1v) is 7.80. The third kappa shape index (κ3) is 4.25. The van der Waals surface area contributed by atoms with E-state index in [0.717, 1.165) is 0 Å². The third-order valence-corrected chi connectivity index (χ3v) is 4.11. The maximum Gasteiger partial charge on any atom is 0.460 e. The molecule has 1 nitrogen and oxygen atoms in total. The summed E-state index contributed by atoms with van der Waals surface area (Å²) in [6.07, 6.45) is -11.4. The Labute approximate surface area is 182 Å². The van der Waals surface area contributed by atoms with Crippen molar-refractivity contribution in [2.24, 2.45) is 0 Å². The van der Waals surface area contributed by atoms with Gasteiger partial charge in [0.2, 0.25) is 0 Å². The Morgan fingerprint density at radius 2 is 0.600 bits per heavy atom. The third-order valence-electron chi connectivity index (χ3n) is 3.95. The standard InChI is InChI=1S/C12H3F21OS/c13-3(14,1-2(34)35)4(15,16)5(17,18)6(19,20)7(21,22)8(23,24)9(25,26)10(27,28)11(29,30)12(31,32)33/h1H2,(H,34,35). The van der Waals surface area contributed by atoms with Gasteiger partial charge in [-0.1, -0.05) is 0 Å². The highest BCUT2D eigenvalue weighted by Crippen LogP contribution is 2.66. The normalized spacial score (nSPS) is 16.5. The van der Waals surface area contributed by atoms with Crippen molar-refractivity contribution in [3.63, 3.8) is 0 Å². The van der Waals surface area contributed by atoms with Gasteiger partial charge < -0.3 is 0 Å². The van der Waals surface area contributed by atoms with Gasteiger partial charge in [-0.25, -0.2) is 0 Å². The van der Waals surface area contributed by atoms with E-state index >= 15 is 0 Å². The van der Waals surface area contributed by atoms with Gasteiger partial charge in [0.25, 0.3) is 0 Å². The number of hydrogen-bond donors (Lipinski definition) is 1. The Morgan fingerprint density at radius 3 is 0.800 bits per heavy atom. The molecule has 0 heterocycles. The minimum atomic E-state index is -9.21. The van der Waals surface area contributed by atoms with Gasteiger partial charge in [0.05, 0.1) is 6.42 Å². The lowest BCUT2D eigenvalue weighted by Gasteiger charge is -2.44. The fourth-order valence-electron chi connectivity index (χ4n) is 1.89. The van der Waals surface area contributed by atoms with E-state index in [9.17, 15) is 97.0 Å². The molecule has 0 aromatic heterocycles. The molecule has 35 heavy (non-hydrogen) atoms. The lowest BCUT2D eigenvalue weighted by molar-refractivity contribution is -0.474. The van der Waals surface area contributed by atoms with Crippen LogP contribution >= 0.6 is 12.6 Å². The van der Waals surface area contributed by atoms with Gasteiger partial charge in [0, 0.05) is 0 Å². The molecule has 0 spiro atoms. The molecule has 0 aliphatic carbocycles. The molecule has 0 saturated carbocycles. The zero-order valence-corrected chi connectivity index (χ0v) is 15.9. The quantitative estimate of drug-likeness (QED) is 0.211. The minimum absolute atomic E-state index is 2.32. The fourth-order valence-corrected chi connectivity index (χ4v) is 2.09. The molecule has 0 radical (unpaired) electrons. The van der Waals surface area contributed by atoms with E-state index in [0.29, 0.717) is 0 Å². The van der Waals surface area contributed by atoms with E-state index in [-0.39, 0.29) is 0 Å². The molecule has 0 fully saturated rings. The van der Waals surface area contributed by atoms with E-state index in [1.54, 1.807) is 0 Å². The Bertz CT molecular complexity index is 808. The maximum absolute atomic E-state index is 13.4. The molecule has 0 aliphatic heterocycles. The molecule has 0 bridgehead atoms. The summed E-state index contributed by atoms with van der Waals surface area (Å²) < 4.78 is 273. The van der Waals surface area contributed by atoms with Crippen LogP contribution in [0.3, 0.4) is 0 Å². The lowest BCUT2D eigenvalue weighted by atomic mass is 9.86. The van der Waals surface area contributed by atoms with E-state index in [2.05, 4.69) is 12.6 Å². The molecule has 0 N–H and O–H groups in total. The average molecular weight is 594 g/mol. The highest BCUT2D eigenvalue weighted by molar-refractivity contribution is 7.96. The molecule has 0 aromatic carbocycles. The second-order valence-electron chi connectivity index (χ2n) is 6.37. The monoisotopic (exact) mass is 594 g/mol. The van der Waals surface area contributed by atoms with Gasteiger partial charge >= 0.3 is 59.5 Å². The average Bonchev–Trinajstić information content (AvgIpc) is 2.58. The summed E-state index contributed by atoms with van der Waals surface area (Å²) in [6, 6.07) is 0. The van der Waals surface area contributed by atoms with E-state index < -0.39 is 71.0 Å². The number of carbonyl (C=O) groups excluding carboxylic acids is 1. The topological polar surface area (TPSA) is 17.1 Å². The number of carbonyl (C=O) groups is 1. The Kier molecular flexibility index (Phi) is 7.94. The summed E-state index contributed by atoms with van der Waals surface area (Å²) in [7, 11) is 0. The number of hydrogen-bond acceptors (Lipinski definition) is 1. The number of rotatable bonds is 10. The van der Waals surface area contributed by atoms with Crippen LogP contribution in [0.15, 0.2) is 0 Å². The summed E-state index contributed by atoms with van der Waals surface area (Å²) >= 11 is 2.32. The van der Waals surface area contributed by atoms with Crippen molar-refractivity contribution in [2.75, 3.05) is 0 Å². The first-order valence-electron chi connectivity index (χ1n) is 7.35. The maximum atomic E-state index is 13.4. The fraction of sp³-hybridized carbons (Fsp3) is 0.917. The van der Waals surface area contributed by atoms with Crippen molar-refractivity contribution in [1.29, 1.82) is 0 Å². The SMILES string of the molecule is O=C(S)CC(F)(F)C(F)(F)C(F)(F)C(F)(F)C(F)(F)C(F)(F)C(F)(F)C(F)(F)C(F)(F)C(F)(F)F. The second kappa shape index (κ2) is 8.28. The summed E-state index contributed by atoms with van der Waals surface area (Å²) in [5.41, 5.74) is 0. The van der Waals surface area contributed by atoms with E-state index in [4.69, 9.17) is 0 Å². The van der Waals surface area contributed by atoms with E-state index in [1.807, 2.05) is 0 Å². The van der Waals surface area contributed by atoms with Crippen molar-refractivity contribution in [1.82, 2.24) is 0 Å². The van der Waals surface area contributed by atoms with Crippen LogP contribution in [0, 0.1) is 0 Å². The smallest absolute Gasteiger partial charge is 0.287 e.